The van der Waals surface area contributed by atoms with Crippen molar-refractivity contribution in [3.63, 3.8) is 0 Å². The summed E-state index contributed by atoms with van der Waals surface area (Å²) in [5, 5.41) is 1.73. The highest BCUT2D eigenvalue weighted by Gasteiger charge is 2.20. The van der Waals surface area contributed by atoms with Crippen LogP contribution in [-0.2, 0) is 6.42 Å². The molecule has 0 saturated carbocycles. The van der Waals surface area contributed by atoms with Gasteiger partial charge in [0.1, 0.15) is 0 Å². The maximum atomic E-state index is 6.60. The van der Waals surface area contributed by atoms with Gasteiger partial charge in [-0.1, -0.05) is 82.3 Å². The molecule has 1 aliphatic heterocycles. The normalized spacial score (nSPS) is 14.4. The maximum absolute atomic E-state index is 6.60. The smallest absolute Gasteiger partial charge is 0.0727 e. The first-order valence-electron chi connectivity index (χ1n) is 12.7. The zero-order valence-corrected chi connectivity index (χ0v) is 22.6. The molecule has 1 fully saturated rings. The lowest BCUT2D eigenvalue weighted by Crippen LogP contribution is -2.44. The van der Waals surface area contributed by atoms with Gasteiger partial charge in [0.25, 0.3) is 0 Å². The number of unbranched alkanes of at least 4 members (excludes halogenated alkanes) is 1. The Bertz CT molecular complexity index is 1030. The summed E-state index contributed by atoms with van der Waals surface area (Å²) < 4.78 is 0. The van der Waals surface area contributed by atoms with Crippen molar-refractivity contribution < 1.29 is 0 Å². The quantitative estimate of drug-likeness (QED) is 0.337. The van der Waals surface area contributed by atoms with Crippen LogP contribution in [0.5, 0.6) is 0 Å². The lowest BCUT2D eigenvalue weighted by Gasteiger charge is -2.39. The molecule has 0 radical (unpaired) electrons. The second kappa shape index (κ2) is 14.0. The molecule has 1 saturated heterocycles. The fourth-order valence-corrected chi connectivity index (χ4v) is 4.49. The molecule has 3 nitrogen and oxygen atoms in total. The third kappa shape index (κ3) is 7.24. The van der Waals surface area contributed by atoms with Gasteiger partial charge in [0.05, 0.1) is 10.5 Å². The summed E-state index contributed by atoms with van der Waals surface area (Å²) in [7, 11) is 0. The van der Waals surface area contributed by atoms with Gasteiger partial charge < -0.3 is 9.80 Å². The number of pyridine rings is 1. The van der Waals surface area contributed by atoms with Gasteiger partial charge in [0.2, 0.25) is 0 Å². The van der Waals surface area contributed by atoms with Gasteiger partial charge in [-0.25, -0.2) is 0 Å². The maximum Gasteiger partial charge on any atom is 0.0727 e. The molecule has 1 aromatic heterocycles. The van der Waals surface area contributed by atoms with Gasteiger partial charge in [0.15, 0.2) is 0 Å². The standard InChI is InChI=1S/C28H36ClN3.C2H6/c1-6-9-11-21(4)31-14-16-32(17-15-31)22(5)24-12-13-26-27(29)20-25(30-28(26)19-24)18-23(8-3)10-7-2;1-2/h7-8,10,12-13,19-20H,4-6,9,11,14-18H2,1-3H3;1-2H3/b10-7-,23-8+;. The van der Waals surface area contributed by atoms with Gasteiger partial charge in [-0.05, 0) is 50.0 Å². The number of aromatic nitrogens is 1. The van der Waals surface area contributed by atoms with Crippen molar-refractivity contribution in [1.82, 2.24) is 14.8 Å². The van der Waals surface area contributed by atoms with Crippen LogP contribution in [0.25, 0.3) is 16.6 Å². The summed E-state index contributed by atoms with van der Waals surface area (Å²) in [5.41, 5.74) is 6.57. The summed E-state index contributed by atoms with van der Waals surface area (Å²) in [6.07, 6.45) is 10.6. The summed E-state index contributed by atoms with van der Waals surface area (Å²) in [6.45, 7) is 22.9. The first kappa shape index (κ1) is 27.7. The Hall–Kier alpha value is -2.52. The Kier molecular flexibility index (Phi) is 11.4. The largest absolute Gasteiger partial charge is 0.372 e. The molecule has 0 amide bonds. The van der Waals surface area contributed by atoms with Crippen LogP contribution in [0.4, 0.5) is 0 Å². The molecule has 2 heterocycles. The van der Waals surface area contributed by atoms with Crippen molar-refractivity contribution in [3.05, 3.63) is 83.2 Å². The van der Waals surface area contributed by atoms with E-state index in [0.717, 1.165) is 71.9 Å². The van der Waals surface area contributed by atoms with Crippen molar-refractivity contribution >= 4 is 28.2 Å². The number of fused-ring (bicyclic) bond motifs is 1. The Morgan fingerprint density at radius 2 is 1.74 bits per heavy atom. The Balaban J connectivity index is 0.00000199. The van der Waals surface area contributed by atoms with Crippen molar-refractivity contribution in [1.29, 1.82) is 0 Å². The number of nitrogens with zero attached hydrogens (tertiary/aromatic N) is 3. The monoisotopic (exact) mass is 479 g/mol. The molecule has 4 heteroatoms. The summed E-state index contributed by atoms with van der Waals surface area (Å²) >= 11 is 6.60. The Morgan fingerprint density at radius 3 is 2.35 bits per heavy atom. The molecular weight excluding hydrogens is 438 g/mol. The highest BCUT2D eigenvalue weighted by atomic mass is 35.5. The predicted molar refractivity (Wildman–Crippen MR) is 151 cm³/mol. The van der Waals surface area contributed by atoms with Crippen LogP contribution < -0.4 is 0 Å². The van der Waals surface area contributed by atoms with Gasteiger partial charge in [-0.2, -0.15) is 0 Å². The van der Waals surface area contributed by atoms with Gasteiger partial charge >= 0.3 is 0 Å². The van der Waals surface area contributed by atoms with E-state index in [0.29, 0.717) is 0 Å². The van der Waals surface area contributed by atoms with Crippen molar-refractivity contribution in [2.24, 2.45) is 0 Å². The van der Waals surface area contributed by atoms with Gasteiger partial charge in [-0.3, -0.25) is 4.98 Å². The van der Waals surface area contributed by atoms with E-state index < -0.39 is 0 Å². The number of allylic oxidation sites excluding steroid dienone is 5. The summed E-state index contributed by atoms with van der Waals surface area (Å²) in [6, 6.07) is 8.29. The Morgan fingerprint density at radius 1 is 1.06 bits per heavy atom. The third-order valence-electron chi connectivity index (χ3n) is 6.21. The average molecular weight is 480 g/mol. The number of piperazine rings is 1. The number of benzene rings is 1. The molecule has 0 N–H and O–H groups in total. The van der Waals surface area contributed by atoms with Gasteiger partial charge in [0, 0.05) is 55.1 Å². The lowest BCUT2D eigenvalue weighted by atomic mass is 10.0. The second-order valence-corrected chi connectivity index (χ2v) is 8.87. The fourth-order valence-electron chi connectivity index (χ4n) is 4.20. The summed E-state index contributed by atoms with van der Waals surface area (Å²) in [5.74, 6) is 0. The first-order valence-corrected chi connectivity index (χ1v) is 13.1. The highest BCUT2D eigenvalue weighted by molar-refractivity contribution is 6.35. The zero-order valence-electron chi connectivity index (χ0n) is 21.8. The van der Waals surface area contributed by atoms with Crippen LogP contribution in [-0.4, -0.2) is 41.0 Å². The van der Waals surface area contributed by atoms with E-state index in [-0.39, 0.29) is 0 Å². The van der Waals surface area contributed by atoms with E-state index >= 15 is 0 Å². The van der Waals surface area contributed by atoms with Crippen LogP contribution in [0.3, 0.4) is 0 Å². The van der Waals surface area contributed by atoms with E-state index in [9.17, 15) is 0 Å². The summed E-state index contributed by atoms with van der Waals surface area (Å²) in [4.78, 5) is 9.72. The van der Waals surface area contributed by atoms with Crippen molar-refractivity contribution in [2.45, 2.75) is 60.3 Å². The Labute approximate surface area is 212 Å². The topological polar surface area (TPSA) is 19.4 Å². The number of hydrogen-bond acceptors (Lipinski definition) is 3. The highest BCUT2D eigenvalue weighted by Crippen LogP contribution is 2.29. The minimum Gasteiger partial charge on any atom is -0.372 e. The number of halogens is 1. The SMILES string of the molecule is C=C(CCCC)N1CCN(C(=C)c2ccc3c(Cl)cc(CC(/C=C\C)=C/C)nc3c2)CC1.CC. The van der Waals surface area contributed by atoms with Crippen LogP contribution in [0.1, 0.15) is 65.1 Å². The fraction of sp³-hybridized carbons (Fsp3) is 0.433. The van der Waals surface area contributed by atoms with Crippen LogP contribution in [0.15, 0.2) is 66.9 Å². The number of rotatable bonds is 9. The number of hydrogen-bond donors (Lipinski definition) is 0. The molecule has 0 spiro atoms. The zero-order chi connectivity index (χ0) is 25.1. The second-order valence-electron chi connectivity index (χ2n) is 8.46. The predicted octanol–water partition coefficient (Wildman–Crippen LogP) is 8.27. The van der Waals surface area contributed by atoms with E-state index in [1.807, 2.05) is 26.8 Å². The molecular formula is C30H42ClN3. The van der Waals surface area contributed by atoms with E-state index in [1.165, 1.54) is 24.1 Å². The minimum absolute atomic E-state index is 0.747. The average Bonchev–Trinajstić information content (AvgIpc) is 2.87. The molecule has 2 aromatic rings. The molecule has 1 aliphatic rings. The van der Waals surface area contributed by atoms with E-state index in [1.54, 1.807) is 0 Å². The molecule has 3 rings (SSSR count). The first-order chi connectivity index (χ1) is 16.5. The molecule has 184 valence electrons. The van der Waals surface area contributed by atoms with E-state index in [2.05, 4.69) is 73.2 Å². The lowest BCUT2D eigenvalue weighted by molar-refractivity contribution is 0.209. The molecule has 34 heavy (non-hydrogen) atoms. The molecule has 0 bridgehead atoms. The molecule has 0 unspecified atom stereocenters. The van der Waals surface area contributed by atoms with Crippen LogP contribution in [0.2, 0.25) is 5.02 Å². The molecule has 0 atom stereocenters. The van der Waals surface area contributed by atoms with Crippen LogP contribution in [0, 0.1) is 0 Å². The molecule has 0 aliphatic carbocycles. The van der Waals surface area contributed by atoms with Crippen LogP contribution >= 0.6 is 11.6 Å². The molecule has 1 aromatic carbocycles. The van der Waals surface area contributed by atoms with Crippen molar-refractivity contribution in [3.8, 4) is 0 Å². The minimum atomic E-state index is 0.747. The van der Waals surface area contributed by atoms with Gasteiger partial charge in [-0.15, -0.1) is 0 Å². The van der Waals surface area contributed by atoms with Crippen molar-refractivity contribution in [2.75, 3.05) is 26.2 Å². The van der Waals surface area contributed by atoms with E-state index in [4.69, 9.17) is 16.6 Å². The third-order valence-corrected chi connectivity index (χ3v) is 6.52.